The van der Waals surface area contributed by atoms with E-state index in [-0.39, 0.29) is 17.8 Å². The Kier molecular flexibility index (Phi) is 6.06. The van der Waals surface area contributed by atoms with Crippen LogP contribution in [0.1, 0.15) is 28.8 Å². The first-order valence-corrected chi connectivity index (χ1v) is 8.95. The maximum atomic E-state index is 12.8. The van der Waals surface area contributed by atoms with Gasteiger partial charge >= 0.3 is 6.18 Å². The molecule has 0 saturated carbocycles. The SMILES string of the molecule is COc1cccc(CC2CCCN2C(=O)c2ccc(OCC(F)(F)F)nc2)c1. The van der Waals surface area contributed by atoms with E-state index in [1.54, 1.807) is 12.0 Å². The molecule has 1 aromatic carbocycles. The Morgan fingerprint density at radius 3 is 2.79 bits per heavy atom. The summed E-state index contributed by atoms with van der Waals surface area (Å²) >= 11 is 0. The molecular weight excluding hydrogens is 373 g/mol. The molecule has 1 aliphatic heterocycles. The summed E-state index contributed by atoms with van der Waals surface area (Å²) in [6.45, 7) is -0.776. The van der Waals surface area contributed by atoms with Crippen molar-refractivity contribution >= 4 is 5.91 Å². The van der Waals surface area contributed by atoms with Crippen molar-refractivity contribution in [1.82, 2.24) is 9.88 Å². The van der Waals surface area contributed by atoms with Gasteiger partial charge in [0.1, 0.15) is 5.75 Å². The second kappa shape index (κ2) is 8.50. The Balaban J connectivity index is 1.65. The molecule has 0 spiro atoms. The maximum absolute atomic E-state index is 12.8. The minimum absolute atomic E-state index is 0.0563. The van der Waals surface area contributed by atoms with Crippen LogP contribution in [0.2, 0.25) is 0 Å². The molecule has 1 fully saturated rings. The number of carbonyl (C=O) groups is 1. The van der Waals surface area contributed by atoms with Gasteiger partial charge in [0.05, 0.1) is 12.7 Å². The summed E-state index contributed by atoms with van der Waals surface area (Å²) < 4.78 is 46.4. The first kappa shape index (κ1) is 20.0. The number of ether oxygens (including phenoxy) is 2. The fourth-order valence-corrected chi connectivity index (χ4v) is 3.30. The lowest BCUT2D eigenvalue weighted by atomic mass is 10.0. The van der Waals surface area contributed by atoms with Crippen molar-refractivity contribution in [3.05, 3.63) is 53.7 Å². The first-order chi connectivity index (χ1) is 13.4. The fraction of sp³-hybridized carbons (Fsp3) is 0.400. The zero-order valence-corrected chi connectivity index (χ0v) is 15.4. The molecule has 1 aliphatic rings. The van der Waals surface area contributed by atoms with E-state index in [0.29, 0.717) is 18.5 Å². The number of rotatable bonds is 6. The normalized spacial score (nSPS) is 16.9. The lowest BCUT2D eigenvalue weighted by Gasteiger charge is -2.25. The molecule has 0 N–H and O–H groups in total. The summed E-state index contributed by atoms with van der Waals surface area (Å²) in [5.41, 5.74) is 1.41. The fourth-order valence-electron chi connectivity index (χ4n) is 3.30. The number of likely N-dealkylation sites (tertiary alicyclic amines) is 1. The number of hydrogen-bond donors (Lipinski definition) is 0. The van der Waals surface area contributed by atoms with E-state index in [1.165, 1.54) is 18.3 Å². The molecule has 1 aromatic heterocycles. The Morgan fingerprint density at radius 1 is 1.29 bits per heavy atom. The molecule has 8 heteroatoms. The van der Waals surface area contributed by atoms with E-state index in [4.69, 9.17) is 4.74 Å². The third-order valence-electron chi connectivity index (χ3n) is 4.61. The Morgan fingerprint density at radius 2 is 2.11 bits per heavy atom. The molecule has 2 aromatic rings. The number of alkyl halides is 3. The number of aromatic nitrogens is 1. The van der Waals surface area contributed by atoms with Crippen LogP contribution in [0.5, 0.6) is 11.6 Å². The van der Waals surface area contributed by atoms with Crippen LogP contribution >= 0.6 is 0 Å². The lowest BCUT2D eigenvalue weighted by Crippen LogP contribution is -2.36. The van der Waals surface area contributed by atoms with E-state index < -0.39 is 12.8 Å². The molecular formula is C20H21F3N2O3. The molecule has 1 atom stereocenters. The van der Waals surface area contributed by atoms with Gasteiger partial charge in [-0.2, -0.15) is 13.2 Å². The minimum atomic E-state index is -4.43. The van der Waals surface area contributed by atoms with Gasteiger partial charge in [0, 0.05) is 24.8 Å². The molecule has 0 radical (unpaired) electrons. The number of nitrogens with zero attached hydrogens (tertiary/aromatic N) is 2. The van der Waals surface area contributed by atoms with Crippen LogP contribution < -0.4 is 9.47 Å². The number of pyridine rings is 1. The van der Waals surface area contributed by atoms with Crippen LogP contribution in [0, 0.1) is 0 Å². The number of carbonyl (C=O) groups excluding carboxylic acids is 1. The van der Waals surface area contributed by atoms with Crippen LogP contribution in [-0.2, 0) is 6.42 Å². The predicted molar refractivity (Wildman–Crippen MR) is 96.5 cm³/mol. The summed E-state index contributed by atoms with van der Waals surface area (Å²) in [7, 11) is 1.61. The van der Waals surface area contributed by atoms with Crippen molar-refractivity contribution in [3.63, 3.8) is 0 Å². The molecule has 150 valence electrons. The number of hydrogen-bond acceptors (Lipinski definition) is 4. The van der Waals surface area contributed by atoms with E-state index in [0.717, 1.165) is 24.2 Å². The zero-order chi connectivity index (χ0) is 20.1. The number of methoxy groups -OCH3 is 1. The number of halogens is 3. The molecule has 3 rings (SSSR count). The molecule has 0 bridgehead atoms. The van der Waals surface area contributed by atoms with Crippen LogP contribution in [-0.4, -0.2) is 48.3 Å². The van der Waals surface area contributed by atoms with Gasteiger partial charge in [-0.1, -0.05) is 12.1 Å². The van der Waals surface area contributed by atoms with Crippen molar-refractivity contribution in [1.29, 1.82) is 0 Å². The van der Waals surface area contributed by atoms with Gasteiger partial charge in [-0.15, -0.1) is 0 Å². The van der Waals surface area contributed by atoms with Crippen LogP contribution in [0.3, 0.4) is 0 Å². The Bertz CT molecular complexity index is 809. The van der Waals surface area contributed by atoms with Crippen molar-refractivity contribution in [2.24, 2.45) is 0 Å². The third kappa shape index (κ3) is 5.15. The highest BCUT2D eigenvalue weighted by atomic mass is 19.4. The second-order valence-corrected chi connectivity index (χ2v) is 6.64. The topological polar surface area (TPSA) is 51.7 Å². The summed E-state index contributed by atoms with van der Waals surface area (Å²) in [6, 6.07) is 10.5. The monoisotopic (exact) mass is 394 g/mol. The van der Waals surface area contributed by atoms with Crippen molar-refractivity contribution < 1.29 is 27.4 Å². The molecule has 5 nitrogen and oxygen atoms in total. The predicted octanol–water partition coefficient (Wildman–Crippen LogP) is 3.88. The van der Waals surface area contributed by atoms with E-state index in [1.807, 2.05) is 24.3 Å². The molecule has 28 heavy (non-hydrogen) atoms. The summed E-state index contributed by atoms with van der Waals surface area (Å²) in [5, 5.41) is 0. The number of amides is 1. The van der Waals surface area contributed by atoms with E-state index in [2.05, 4.69) is 9.72 Å². The van der Waals surface area contributed by atoms with Gasteiger partial charge in [-0.3, -0.25) is 4.79 Å². The standard InChI is InChI=1S/C20H21F3N2O3/c1-27-17-6-2-4-14(11-17)10-16-5-3-9-25(16)19(26)15-7-8-18(24-12-15)28-13-20(21,22)23/h2,4,6-8,11-12,16H,3,5,9-10,13H2,1H3. The van der Waals surface area contributed by atoms with Crippen molar-refractivity contribution in [2.45, 2.75) is 31.5 Å². The summed E-state index contributed by atoms with van der Waals surface area (Å²) in [4.78, 5) is 18.5. The molecule has 1 amide bonds. The molecule has 0 aliphatic carbocycles. The largest absolute Gasteiger partial charge is 0.497 e. The van der Waals surface area contributed by atoms with Gasteiger partial charge in [-0.05, 0) is 43.0 Å². The molecule has 1 saturated heterocycles. The summed E-state index contributed by atoms with van der Waals surface area (Å²) in [5.74, 6) is 0.426. The second-order valence-electron chi connectivity index (χ2n) is 6.64. The highest BCUT2D eigenvalue weighted by molar-refractivity contribution is 5.94. The van der Waals surface area contributed by atoms with E-state index >= 15 is 0 Å². The van der Waals surface area contributed by atoms with Gasteiger partial charge in [-0.25, -0.2) is 4.98 Å². The minimum Gasteiger partial charge on any atom is -0.497 e. The Hall–Kier alpha value is -2.77. The first-order valence-electron chi connectivity index (χ1n) is 8.95. The van der Waals surface area contributed by atoms with E-state index in [9.17, 15) is 18.0 Å². The van der Waals surface area contributed by atoms with Crippen molar-refractivity contribution in [3.8, 4) is 11.6 Å². The van der Waals surface area contributed by atoms with Crippen LogP contribution in [0.15, 0.2) is 42.6 Å². The average Bonchev–Trinajstić information content (AvgIpc) is 3.14. The van der Waals surface area contributed by atoms with Crippen LogP contribution in [0.25, 0.3) is 0 Å². The number of benzene rings is 1. The Labute approximate surface area is 161 Å². The summed E-state index contributed by atoms with van der Waals surface area (Å²) in [6.07, 6.45) is -0.666. The highest BCUT2D eigenvalue weighted by Crippen LogP contribution is 2.25. The molecule has 1 unspecified atom stereocenters. The maximum Gasteiger partial charge on any atom is 0.422 e. The van der Waals surface area contributed by atoms with Gasteiger partial charge in [0.15, 0.2) is 6.61 Å². The van der Waals surface area contributed by atoms with Crippen molar-refractivity contribution in [2.75, 3.05) is 20.3 Å². The van der Waals surface area contributed by atoms with Gasteiger partial charge in [0.25, 0.3) is 5.91 Å². The van der Waals surface area contributed by atoms with Gasteiger partial charge in [0.2, 0.25) is 5.88 Å². The lowest BCUT2D eigenvalue weighted by molar-refractivity contribution is -0.154. The van der Waals surface area contributed by atoms with Crippen LogP contribution in [0.4, 0.5) is 13.2 Å². The molecule has 2 heterocycles. The van der Waals surface area contributed by atoms with Gasteiger partial charge < -0.3 is 14.4 Å². The third-order valence-corrected chi connectivity index (χ3v) is 4.61. The zero-order valence-electron chi connectivity index (χ0n) is 15.4. The smallest absolute Gasteiger partial charge is 0.422 e. The quantitative estimate of drug-likeness (QED) is 0.746. The highest BCUT2D eigenvalue weighted by Gasteiger charge is 2.30. The average molecular weight is 394 g/mol.